The van der Waals surface area contributed by atoms with Crippen LogP contribution < -0.4 is 4.90 Å². The Morgan fingerprint density at radius 1 is 1.40 bits per heavy atom. The summed E-state index contributed by atoms with van der Waals surface area (Å²) in [4.78, 5) is 37.9. The van der Waals surface area contributed by atoms with E-state index in [2.05, 4.69) is 15.9 Å². The number of aliphatic carboxylic acids is 1. The van der Waals surface area contributed by atoms with Crippen molar-refractivity contribution in [2.45, 2.75) is 6.92 Å². The molecule has 0 aliphatic carbocycles. The second-order valence-electron chi connectivity index (χ2n) is 4.35. The van der Waals surface area contributed by atoms with Crippen LogP contribution in [0.25, 0.3) is 0 Å². The minimum atomic E-state index is -1.15. The predicted molar refractivity (Wildman–Crippen MR) is 75.7 cm³/mol. The number of carbonyl (C=O) groups excluding carboxylic acids is 2. The summed E-state index contributed by atoms with van der Waals surface area (Å²) < 4.78 is 0.699. The van der Waals surface area contributed by atoms with Gasteiger partial charge in [0.15, 0.2) is 0 Å². The van der Waals surface area contributed by atoms with E-state index in [4.69, 9.17) is 5.11 Å². The first-order valence-electron chi connectivity index (χ1n) is 6.05. The Balaban J connectivity index is 2.53. The number of halogens is 1. The third-order valence-corrected chi connectivity index (χ3v) is 3.53. The van der Waals surface area contributed by atoms with E-state index in [0.717, 1.165) is 4.90 Å². The minimum Gasteiger partial charge on any atom is -0.480 e. The van der Waals surface area contributed by atoms with Gasteiger partial charge < -0.3 is 14.9 Å². The van der Waals surface area contributed by atoms with Crippen LogP contribution in [0.3, 0.4) is 0 Å². The molecule has 1 aromatic rings. The lowest BCUT2D eigenvalue weighted by Crippen LogP contribution is -2.41. The van der Waals surface area contributed by atoms with Crippen molar-refractivity contribution in [3.05, 3.63) is 28.2 Å². The van der Waals surface area contributed by atoms with E-state index in [-0.39, 0.29) is 12.5 Å². The minimum absolute atomic E-state index is 0.231. The van der Waals surface area contributed by atoms with E-state index in [0.29, 0.717) is 22.3 Å². The summed E-state index contributed by atoms with van der Waals surface area (Å²) in [6.07, 6.45) is 0. The van der Waals surface area contributed by atoms with Crippen LogP contribution in [-0.4, -0.2) is 47.4 Å². The maximum absolute atomic E-state index is 12.4. The summed E-state index contributed by atoms with van der Waals surface area (Å²) in [5.41, 5.74) is 0.840. The summed E-state index contributed by atoms with van der Waals surface area (Å²) in [7, 11) is 0. The lowest BCUT2D eigenvalue weighted by Gasteiger charge is -2.20. The number of hydrogen-bond donors (Lipinski definition) is 1. The highest BCUT2D eigenvalue weighted by atomic mass is 79.9. The lowest BCUT2D eigenvalue weighted by atomic mass is 10.1. The standard InChI is InChI=1S/C13H13BrN2O4/c1-2-16-10-4-3-8(14)5-9(10)13(20)15(6-11(16)17)7-12(18)19/h3-5H,2,6-7H2,1H3,(H,18,19). The van der Waals surface area contributed by atoms with Gasteiger partial charge in [-0.05, 0) is 25.1 Å². The van der Waals surface area contributed by atoms with Crippen LogP contribution in [0, 0.1) is 0 Å². The van der Waals surface area contributed by atoms with Gasteiger partial charge in [0.1, 0.15) is 13.1 Å². The number of anilines is 1. The van der Waals surface area contributed by atoms with Gasteiger partial charge in [0.2, 0.25) is 5.91 Å². The molecule has 0 fully saturated rings. The Morgan fingerprint density at radius 2 is 2.10 bits per heavy atom. The van der Waals surface area contributed by atoms with Gasteiger partial charge in [-0.25, -0.2) is 0 Å². The number of rotatable bonds is 3. The molecule has 0 saturated carbocycles. The van der Waals surface area contributed by atoms with Crippen molar-refractivity contribution in [2.24, 2.45) is 0 Å². The summed E-state index contributed by atoms with van der Waals surface area (Å²) in [6.45, 7) is 1.50. The molecule has 6 nitrogen and oxygen atoms in total. The van der Waals surface area contributed by atoms with Gasteiger partial charge >= 0.3 is 5.97 Å². The van der Waals surface area contributed by atoms with Gasteiger partial charge in [0, 0.05) is 11.0 Å². The highest BCUT2D eigenvalue weighted by Gasteiger charge is 2.31. The number of benzene rings is 1. The number of carboxylic acid groups (broad SMARTS) is 1. The van der Waals surface area contributed by atoms with Gasteiger partial charge in [-0.15, -0.1) is 0 Å². The fraction of sp³-hybridized carbons (Fsp3) is 0.308. The Labute approximate surface area is 124 Å². The summed E-state index contributed by atoms with van der Waals surface area (Å²) in [5, 5.41) is 8.86. The van der Waals surface area contributed by atoms with Gasteiger partial charge in [0.25, 0.3) is 5.91 Å². The second kappa shape index (κ2) is 5.62. The van der Waals surface area contributed by atoms with Crippen molar-refractivity contribution in [3.63, 3.8) is 0 Å². The molecular weight excluding hydrogens is 328 g/mol. The Morgan fingerprint density at radius 3 is 2.70 bits per heavy atom. The average molecular weight is 341 g/mol. The molecule has 20 heavy (non-hydrogen) atoms. The first-order valence-corrected chi connectivity index (χ1v) is 6.84. The van der Waals surface area contributed by atoms with Gasteiger partial charge in [-0.3, -0.25) is 14.4 Å². The molecule has 1 heterocycles. The van der Waals surface area contributed by atoms with Crippen LogP contribution >= 0.6 is 15.9 Å². The monoisotopic (exact) mass is 340 g/mol. The molecule has 0 atom stereocenters. The van der Waals surface area contributed by atoms with Gasteiger partial charge in [-0.1, -0.05) is 15.9 Å². The molecule has 1 aliphatic rings. The number of hydrogen-bond acceptors (Lipinski definition) is 3. The number of amides is 2. The van der Waals surface area contributed by atoms with E-state index in [9.17, 15) is 14.4 Å². The van der Waals surface area contributed by atoms with Crippen LogP contribution in [0.15, 0.2) is 22.7 Å². The maximum Gasteiger partial charge on any atom is 0.323 e. The third kappa shape index (κ3) is 2.67. The van der Waals surface area contributed by atoms with E-state index in [1.165, 1.54) is 4.90 Å². The Bertz CT molecular complexity index is 588. The highest BCUT2D eigenvalue weighted by Crippen LogP contribution is 2.28. The van der Waals surface area contributed by atoms with Crippen molar-refractivity contribution in [3.8, 4) is 0 Å². The molecular formula is C13H13BrN2O4. The number of nitrogens with zero attached hydrogens (tertiary/aromatic N) is 2. The Kier molecular flexibility index (Phi) is 4.08. The number of carbonyl (C=O) groups is 3. The fourth-order valence-electron chi connectivity index (χ4n) is 2.18. The zero-order chi connectivity index (χ0) is 14.9. The summed E-state index contributed by atoms with van der Waals surface area (Å²) in [5.74, 6) is -1.89. The van der Waals surface area contributed by atoms with Gasteiger partial charge in [0.05, 0.1) is 11.3 Å². The molecule has 7 heteroatoms. The molecule has 1 aromatic carbocycles. The molecule has 2 amide bonds. The number of carboxylic acids is 1. The van der Waals surface area contributed by atoms with Crippen LogP contribution in [0.1, 0.15) is 17.3 Å². The van der Waals surface area contributed by atoms with Crippen LogP contribution in [-0.2, 0) is 9.59 Å². The number of fused-ring (bicyclic) bond motifs is 1. The summed E-state index contributed by atoms with van der Waals surface area (Å²) in [6, 6.07) is 5.03. The topological polar surface area (TPSA) is 77.9 Å². The fourth-order valence-corrected chi connectivity index (χ4v) is 2.54. The van der Waals surface area contributed by atoms with Crippen LogP contribution in [0.2, 0.25) is 0 Å². The average Bonchev–Trinajstić information content (AvgIpc) is 2.47. The third-order valence-electron chi connectivity index (χ3n) is 3.04. The molecule has 0 spiro atoms. The van der Waals surface area contributed by atoms with Crippen molar-refractivity contribution >= 4 is 39.4 Å². The first-order chi connectivity index (χ1) is 9.43. The number of likely N-dealkylation sites (N-methyl/N-ethyl adjacent to an activating group) is 1. The maximum atomic E-state index is 12.4. The lowest BCUT2D eigenvalue weighted by molar-refractivity contribution is -0.137. The highest BCUT2D eigenvalue weighted by molar-refractivity contribution is 9.10. The van der Waals surface area contributed by atoms with Crippen LogP contribution in [0.5, 0.6) is 0 Å². The molecule has 0 bridgehead atoms. The zero-order valence-corrected chi connectivity index (χ0v) is 12.4. The van der Waals surface area contributed by atoms with E-state index in [1.54, 1.807) is 25.1 Å². The van der Waals surface area contributed by atoms with Crippen molar-refractivity contribution < 1.29 is 19.5 Å². The summed E-state index contributed by atoms with van der Waals surface area (Å²) >= 11 is 3.28. The zero-order valence-electron chi connectivity index (χ0n) is 10.8. The largest absolute Gasteiger partial charge is 0.480 e. The SMILES string of the molecule is CCN1C(=O)CN(CC(=O)O)C(=O)c2cc(Br)ccc21. The van der Waals surface area contributed by atoms with Crippen LogP contribution in [0.4, 0.5) is 5.69 Å². The van der Waals surface area contributed by atoms with E-state index in [1.807, 2.05) is 0 Å². The van der Waals surface area contributed by atoms with E-state index >= 15 is 0 Å². The normalized spacial score (nSPS) is 15.1. The molecule has 1 N–H and O–H groups in total. The smallest absolute Gasteiger partial charge is 0.323 e. The van der Waals surface area contributed by atoms with E-state index < -0.39 is 18.4 Å². The Hall–Kier alpha value is -1.89. The molecule has 1 aliphatic heterocycles. The predicted octanol–water partition coefficient (Wildman–Crippen LogP) is 1.34. The van der Waals surface area contributed by atoms with Crippen molar-refractivity contribution in [2.75, 3.05) is 24.5 Å². The second-order valence-corrected chi connectivity index (χ2v) is 5.27. The molecule has 0 unspecified atom stereocenters. The first kappa shape index (κ1) is 14.5. The molecule has 0 radical (unpaired) electrons. The van der Waals surface area contributed by atoms with Gasteiger partial charge in [-0.2, -0.15) is 0 Å². The quantitative estimate of drug-likeness (QED) is 0.900. The molecule has 0 saturated heterocycles. The van der Waals surface area contributed by atoms with Crippen molar-refractivity contribution in [1.82, 2.24) is 4.90 Å². The molecule has 0 aromatic heterocycles. The molecule has 2 rings (SSSR count). The van der Waals surface area contributed by atoms with Crippen molar-refractivity contribution in [1.29, 1.82) is 0 Å². The molecule has 106 valence electrons.